The van der Waals surface area contributed by atoms with Crippen molar-refractivity contribution < 1.29 is 9.21 Å². The summed E-state index contributed by atoms with van der Waals surface area (Å²) >= 11 is 8.91. The van der Waals surface area contributed by atoms with Crippen LogP contribution in [0, 0.1) is 0 Å². The van der Waals surface area contributed by atoms with Gasteiger partial charge < -0.3 is 4.42 Å². The fourth-order valence-corrected chi connectivity index (χ4v) is 1.72. The number of ketones is 1. The van der Waals surface area contributed by atoms with E-state index in [0.717, 1.165) is 4.47 Å². The van der Waals surface area contributed by atoms with Crippen LogP contribution in [0.25, 0.3) is 0 Å². The molecule has 0 atom stereocenters. The molecule has 1 heterocycles. The minimum atomic E-state index is -0.135. The maximum atomic E-state index is 11.9. The van der Waals surface area contributed by atoms with E-state index in [0.29, 0.717) is 17.1 Å². The first-order valence-corrected chi connectivity index (χ1v) is 5.98. The molecular formula is C12H8BrClO2. The van der Waals surface area contributed by atoms with E-state index < -0.39 is 0 Å². The Hall–Kier alpha value is -1.06. The van der Waals surface area contributed by atoms with Gasteiger partial charge in [0.05, 0.1) is 5.88 Å². The SMILES string of the molecule is O=C(c1ccc(Br)cc1)c1ccc(CCl)o1. The molecule has 0 aliphatic carbocycles. The summed E-state index contributed by atoms with van der Waals surface area (Å²) in [6.07, 6.45) is 0. The summed E-state index contributed by atoms with van der Waals surface area (Å²) in [5.74, 6) is 1.05. The number of hydrogen-bond donors (Lipinski definition) is 0. The van der Waals surface area contributed by atoms with Crippen LogP contribution >= 0.6 is 27.5 Å². The molecule has 0 aliphatic rings. The highest BCUT2D eigenvalue weighted by Gasteiger charge is 2.13. The maximum Gasteiger partial charge on any atom is 0.228 e. The molecule has 0 bridgehead atoms. The zero-order valence-corrected chi connectivity index (χ0v) is 10.6. The summed E-state index contributed by atoms with van der Waals surface area (Å²) in [6.45, 7) is 0. The molecule has 0 saturated carbocycles. The number of alkyl halides is 1. The van der Waals surface area contributed by atoms with Gasteiger partial charge in [-0.3, -0.25) is 4.79 Å². The van der Waals surface area contributed by atoms with Gasteiger partial charge in [0.25, 0.3) is 0 Å². The van der Waals surface area contributed by atoms with Crippen molar-refractivity contribution in [2.75, 3.05) is 0 Å². The van der Waals surface area contributed by atoms with Gasteiger partial charge in [0.2, 0.25) is 5.78 Å². The van der Waals surface area contributed by atoms with Crippen molar-refractivity contribution in [3.8, 4) is 0 Å². The van der Waals surface area contributed by atoms with Crippen molar-refractivity contribution >= 4 is 33.3 Å². The quantitative estimate of drug-likeness (QED) is 0.633. The Morgan fingerprint density at radius 2 is 1.88 bits per heavy atom. The van der Waals surface area contributed by atoms with E-state index in [1.165, 1.54) is 0 Å². The molecule has 4 heteroatoms. The Bertz CT molecular complexity index is 502. The van der Waals surface area contributed by atoms with Crippen molar-refractivity contribution in [1.82, 2.24) is 0 Å². The number of carbonyl (C=O) groups excluding carboxylic acids is 1. The van der Waals surface area contributed by atoms with Crippen LogP contribution < -0.4 is 0 Å². The van der Waals surface area contributed by atoms with E-state index in [-0.39, 0.29) is 11.7 Å². The van der Waals surface area contributed by atoms with Crippen LogP contribution in [-0.4, -0.2) is 5.78 Å². The lowest BCUT2D eigenvalue weighted by Gasteiger charge is -1.97. The molecule has 0 radical (unpaired) electrons. The van der Waals surface area contributed by atoms with E-state index in [1.54, 1.807) is 24.3 Å². The first-order chi connectivity index (χ1) is 7.70. The average Bonchev–Trinajstić information content (AvgIpc) is 2.77. The van der Waals surface area contributed by atoms with Gasteiger partial charge >= 0.3 is 0 Å². The molecule has 1 aromatic heterocycles. The molecular weight excluding hydrogens is 291 g/mol. The van der Waals surface area contributed by atoms with Crippen LogP contribution in [0.2, 0.25) is 0 Å². The molecule has 0 unspecified atom stereocenters. The monoisotopic (exact) mass is 298 g/mol. The van der Waals surface area contributed by atoms with Gasteiger partial charge in [0, 0.05) is 10.0 Å². The molecule has 0 N–H and O–H groups in total. The van der Waals surface area contributed by atoms with E-state index in [9.17, 15) is 4.79 Å². The maximum absolute atomic E-state index is 11.9. The third kappa shape index (κ3) is 2.36. The minimum Gasteiger partial charge on any atom is -0.456 e. The first kappa shape index (κ1) is 11.4. The molecule has 16 heavy (non-hydrogen) atoms. The van der Waals surface area contributed by atoms with Gasteiger partial charge in [0.1, 0.15) is 5.76 Å². The molecule has 2 nitrogen and oxygen atoms in total. The highest BCUT2D eigenvalue weighted by atomic mass is 79.9. The molecule has 1 aromatic carbocycles. The summed E-state index contributed by atoms with van der Waals surface area (Å²) in [4.78, 5) is 11.9. The number of rotatable bonds is 3. The Labute approximate surface area is 106 Å². The minimum absolute atomic E-state index is 0.135. The highest BCUT2D eigenvalue weighted by Crippen LogP contribution is 2.17. The Morgan fingerprint density at radius 3 is 2.44 bits per heavy atom. The summed E-state index contributed by atoms with van der Waals surface area (Å²) in [5.41, 5.74) is 0.596. The predicted molar refractivity (Wildman–Crippen MR) is 65.8 cm³/mol. The number of hydrogen-bond acceptors (Lipinski definition) is 2. The van der Waals surface area contributed by atoms with E-state index in [2.05, 4.69) is 15.9 Å². The van der Waals surface area contributed by atoms with Crippen molar-refractivity contribution in [2.45, 2.75) is 5.88 Å². The van der Waals surface area contributed by atoms with Crippen LogP contribution in [0.3, 0.4) is 0 Å². The molecule has 0 spiro atoms. The number of halogens is 2. The molecule has 0 saturated heterocycles. The van der Waals surface area contributed by atoms with Crippen molar-refractivity contribution in [3.05, 3.63) is 58.0 Å². The van der Waals surface area contributed by atoms with Crippen molar-refractivity contribution in [1.29, 1.82) is 0 Å². The lowest BCUT2D eigenvalue weighted by Crippen LogP contribution is -1.98. The van der Waals surface area contributed by atoms with Crippen LogP contribution in [0.15, 0.2) is 45.3 Å². The fourth-order valence-electron chi connectivity index (χ4n) is 1.32. The molecule has 0 fully saturated rings. The Morgan fingerprint density at radius 1 is 1.19 bits per heavy atom. The van der Waals surface area contributed by atoms with Crippen LogP contribution in [0.4, 0.5) is 0 Å². The summed E-state index contributed by atoms with van der Waals surface area (Å²) in [7, 11) is 0. The zero-order valence-electron chi connectivity index (χ0n) is 8.24. The summed E-state index contributed by atoms with van der Waals surface area (Å²) in [6, 6.07) is 10.5. The average molecular weight is 300 g/mol. The summed E-state index contributed by atoms with van der Waals surface area (Å²) < 4.78 is 6.22. The van der Waals surface area contributed by atoms with E-state index in [4.69, 9.17) is 16.0 Å². The topological polar surface area (TPSA) is 30.2 Å². The van der Waals surface area contributed by atoms with Gasteiger partial charge in [0.15, 0.2) is 5.76 Å². The van der Waals surface area contributed by atoms with Gasteiger partial charge in [-0.25, -0.2) is 0 Å². The largest absolute Gasteiger partial charge is 0.456 e. The third-order valence-corrected chi connectivity index (χ3v) is 2.92. The number of benzene rings is 1. The number of carbonyl (C=O) groups is 1. The van der Waals surface area contributed by atoms with Crippen molar-refractivity contribution in [3.63, 3.8) is 0 Å². The summed E-state index contributed by atoms with van der Waals surface area (Å²) in [5, 5.41) is 0. The molecule has 0 aliphatic heterocycles. The Kier molecular flexibility index (Phi) is 3.46. The van der Waals surface area contributed by atoms with Crippen molar-refractivity contribution in [2.24, 2.45) is 0 Å². The molecule has 82 valence electrons. The van der Waals surface area contributed by atoms with Crippen LogP contribution in [0.1, 0.15) is 21.9 Å². The second kappa shape index (κ2) is 4.85. The van der Waals surface area contributed by atoms with Crippen LogP contribution in [-0.2, 0) is 5.88 Å². The second-order valence-electron chi connectivity index (χ2n) is 3.24. The normalized spacial score (nSPS) is 10.4. The second-order valence-corrected chi connectivity index (χ2v) is 4.42. The van der Waals surface area contributed by atoms with Gasteiger partial charge in [-0.2, -0.15) is 0 Å². The van der Waals surface area contributed by atoms with Gasteiger partial charge in [-0.05, 0) is 36.4 Å². The lowest BCUT2D eigenvalue weighted by atomic mass is 10.1. The van der Waals surface area contributed by atoms with E-state index in [1.807, 2.05) is 12.1 Å². The van der Waals surface area contributed by atoms with Gasteiger partial charge in [-0.1, -0.05) is 15.9 Å². The molecule has 2 aromatic rings. The predicted octanol–water partition coefficient (Wildman–Crippen LogP) is 4.01. The van der Waals surface area contributed by atoms with Crippen LogP contribution in [0.5, 0.6) is 0 Å². The Balaban J connectivity index is 2.28. The fraction of sp³-hybridized carbons (Fsp3) is 0.0833. The third-order valence-electron chi connectivity index (χ3n) is 2.12. The zero-order chi connectivity index (χ0) is 11.5. The number of furan rings is 1. The standard InChI is InChI=1S/C12H8BrClO2/c13-9-3-1-8(2-4-9)12(15)11-6-5-10(7-14)16-11/h1-6H,7H2. The van der Waals surface area contributed by atoms with E-state index >= 15 is 0 Å². The first-order valence-electron chi connectivity index (χ1n) is 4.65. The molecule has 0 amide bonds. The van der Waals surface area contributed by atoms with Gasteiger partial charge in [-0.15, -0.1) is 11.6 Å². The highest BCUT2D eigenvalue weighted by molar-refractivity contribution is 9.10. The smallest absolute Gasteiger partial charge is 0.228 e. The molecule has 2 rings (SSSR count). The lowest BCUT2D eigenvalue weighted by molar-refractivity contribution is 0.101.